The van der Waals surface area contributed by atoms with E-state index in [4.69, 9.17) is 5.73 Å². The van der Waals surface area contributed by atoms with E-state index in [0.717, 1.165) is 11.3 Å². The highest BCUT2D eigenvalue weighted by atomic mass is 16.2. The maximum atomic E-state index is 11.4. The fraction of sp³-hybridized carbons (Fsp3) is 0.364. The van der Waals surface area contributed by atoms with Gasteiger partial charge in [-0.05, 0) is 18.6 Å². The Labute approximate surface area is 89.1 Å². The smallest absolute Gasteiger partial charge is 0.321 e. The Morgan fingerprint density at radius 2 is 2.33 bits per heavy atom. The minimum absolute atomic E-state index is 0.0765. The number of nitrogens with one attached hydrogen (secondary N) is 1. The molecule has 0 aromatic heterocycles. The molecular weight excluding hydrogens is 190 g/mol. The summed E-state index contributed by atoms with van der Waals surface area (Å²) in [5.41, 5.74) is 7.50. The number of nitrogens with two attached hydrogens (primary N) is 1. The molecule has 0 bridgehead atoms. The molecule has 4 nitrogen and oxygen atoms in total. The first kappa shape index (κ1) is 9.98. The van der Waals surface area contributed by atoms with Gasteiger partial charge in [0.1, 0.15) is 0 Å². The Bertz CT molecular complexity index is 391. The van der Waals surface area contributed by atoms with Crippen molar-refractivity contribution >= 4 is 6.03 Å². The van der Waals surface area contributed by atoms with Crippen molar-refractivity contribution < 1.29 is 4.79 Å². The van der Waals surface area contributed by atoms with Gasteiger partial charge < -0.3 is 16.0 Å². The van der Waals surface area contributed by atoms with Crippen LogP contribution in [0, 0.1) is 0 Å². The lowest BCUT2D eigenvalue weighted by Crippen LogP contribution is -2.44. The molecule has 0 aromatic carbocycles. The molecule has 4 heteroatoms. The Morgan fingerprint density at radius 1 is 1.60 bits per heavy atom. The van der Waals surface area contributed by atoms with Crippen LogP contribution in [0.3, 0.4) is 0 Å². The van der Waals surface area contributed by atoms with Gasteiger partial charge >= 0.3 is 6.03 Å². The summed E-state index contributed by atoms with van der Waals surface area (Å²) < 4.78 is 0. The predicted molar refractivity (Wildman–Crippen MR) is 59.1 cm³/mol. The molecule has 2 aliphatic rings. The number of rotatable bonds is 0. The van der Waals surface area contributed by atoms with E-state index in [-0.39, 0.29) is 6.03 Å². The van der Waals surface area contributed by atoms with Crippen molar-refractivity contribution in [3.05, 3.63) is 35.6 Å². The highest BCUT2D eigenvalue weighted by molar-refractivity contribution is 5.79. The second-order valence-electron chi connectivity index (χ2n) is 4.26. The Balaban J connectivity index is 2.37. The molecule has 1 atom stereocenters. The van der Waals surface area contributed by atoms with Crippen molar-refractivity contribution in [2.24, 2.45) is 5.73 Å². The lowest BCUT2D eigenvalue weighted by Gasteiger charge is -2.29. The third-order valence-electron chi connectivity index (χ3n) is 2.55. The highest BCUT2D eigenvalue weighted by Crippen LogP contribution is 2.21. The third kappa shape index (κ3) is 1.94. The van der Waals surface area contributed by atoms with E-state index in [1.54, 1.807) is 11.9 Å². The molecule has 1 aliphatic heterocycles. The maximum absolute atomic E-state index is 11.4. The number of likely N-dealkylation sites (N-methyl/N-ethyl adjacent to an activating group) is 1. The van der Waals surface area contributed by atoms with Gasteiger partial charge in [0.05, 0.1) is 5.54 Å². The topological polar surface area (TPSA) is 58.4 Å². The summed E-state index contributed by atoms with van der Waals surface area (Å²) in [7, 11) is 1.76. The minimum atomic E-state index is -0.448. The first-order chi connectivity index (χ1) is 6.98. The van der Waals surface area contributed by atoms with Crippen LogP contribution in [-0.4, -0.2) is 30.1 Å². The van der Waals surface area contributed by atoms with Crippen LogP contribution in [0.15, 0.2) is 35.6 Å². The van der Waals surface area contributed by atoms with E-state index in [0.29, 0.717) is 6.54 Å². The molecule has 1 saturated heterocycles. The molecule has 2 rings (SSSR count). The van der Waals surface area contributed by atoms with E-state index < -0.39 is 5.54 Å². The van der Waals surface area contributed by atoms with Crippen LogP contribution < -0.4 is 11.1 Å². The van der Waals surface area contributed by atoms with E-state index in [2.05, 4.69) is 5.32 Å². The second-order valence-corrected chi connectivity index (χ2v) is 4.26. The van der Waals surface area contributed by atoms with E-state index >= 15 is 0 Å². The lowest BCUT2D eigenvalue weighted by atomic mass is 9.99. The SMILES string of the molecule is CN1CC2=CC(C)(N)C=CC=C2NC1=O. The van der Waals surface area contributed by atoms with Crippen LogP contribution >= 0.6 is 0 Å². The molecule has 3 N–H and O–H groups in total. The first-order valence-electron chi connectivity index (χ1n) is 4.90. The minimum Gasteiger partial charge on any atom is -0.323 e. The third-order valence-corrected chi connectivity index (χ3v) is 2.55. The molecule has 15 heavy (non-hydrogen) atoms. The molecule has 0 saturated carbocycles. The average Bonchev–Trinajstić information content (AvgIpc) is 2.24. The van der Waals surface area contributed by atoms with Crippen LogP contribution in [0.2, 0.25) is 0 Å². The summed E-state index contributed by atoms with van der Waals surface area (Å²) in [5, 5.41) is 2.82. The van der Waals surface area contributed by atoms with Gasteiger partial charge in [-0.3, -0.25) is 0 Å². The number of amides is 2. The Kier molecular flexibility index (Phi) is 2.16. The average molecular weight is 205 g/mol. The van der Waals surface area contributed by atoms with E-state index in [1.807, 2.05) is 31.2 Å². The molecule has 1 unspecified atom stereocenters. The maximum Gasteiger partial charge on any atom is 0.321 e. The monoisotopic (exact) mass is 205 g/mol. The molecule has 1 aliphatic carbocycles. The van der Waals surface area contributed by atoms with Crippen molar-refractivity contribution in [3.8, 4) is 0 Å². The fourth-order valence-electron chi connectivity index (χ4n) is 1.75. The molecule has 0 spiro atoms. The summed E-state index contributed by atoms with van der Waals surface area (Å²) in [6.07, 6.45) is 7.66. The fourth-order valence-corrected chi connectivity index (χ4v) is 1.75. The quantitative estimate of drug-likeness (QED) is 0.612. The Morgan fingerprint density at radius 3 is 3.07 bits per heavy atom. The van der Waals surface area contributed by atoms with Crippen molar-refractivity contribution in [3.63, 3.8) is 0 Å². The van der Waals surface area contributed by atoms with Crippen LogP contribution in [0.5, 0.6) is 0 Å². The zero-order chi connectivity index (χ0) is 11.1. The number of allylic oxidation sites excluding steroid dienone is 2. The number of carbonyl (C=O) groups excluding carboxylic acids is 1. The van der Waals surface area contributed by atoms with Crippen LogP contribution in [0.25, 0.3) is 0 Å². The molecular formula is C11H15N3O. The van der Waals surface area contributed by atoms with Gasteiger partial charge in [0, 0.05) is 19.3 Å². The van der Waals surface area contributed by atoms with Gasteiger partial charge in [0.15, 0.2) is 0 Å². The van der Waals surface area contributed by atoms with Crippen molar-refractivity contribution in [1.82, 2.24) is 10.2 Å². The molecule has 0 aromatic rings. The zero-order valence-electron chi connectivity index (χ0n) is 8.95. The van der Waals surface area contributed by atoms with Gasteiger partial charge in [-0.1, -0.05) is 18.2 Å². The molecule has 80 valence electrons. The van der Waals surface area contributed by atoms with Crippen molar-refractivity contribution in [2.75, 3.05) is 13.6 Å². The Hall–Kier alpha value is -1.55. The van der Waals surface area contributed by atoms with Crippen LogP contribution in [0.4, 0.5) is 4.79 Å². The van der Waals surface area contributed by atoms with Gasteiger partial charge in [-0.25, -0.2) is 4.79 Å². The predicted octanol–water partition coefficient (Wildman–Crippen LogP) is 0.739. The summed E-state index contributed by atoms with van der Waals surface area (Å²) in [6.45, 7) is 2.54. The number of fused-ring (bicyclic) bond motifs is 1. The largest absolute Gasteiger partial charge is 0.323 e. The summed E-state index contributed by atoms with van der Waals surface area (Å²) in [4.78, 5) is 13.0. The highest BCUT2D eigenvalue weighted by Gasteiger charge is 2.24. The van der Waals surface area contributed by atoms with Gasteiger partial charge in [0.25, 0.3) is 0 Å². The second kappa shape index (κ2) is 3.24. The lowest BCUT2D eigenvalue weighted by molar-refractivity contribution is 0.211. The van der Waals surface area contributed by atoms with E-state index in [9.17, 15) is 4.79 Å². The van der Waals surface area contributed by atoms with Crippen molar-refractivity contribution in [2.45, 2.75) is 12.5 Å². The molecule has 1 fully saturated rings. The number of carbonyl (C=O) groups is 1. The summed E-state index contributed by atoms with van der Waals surface area (Å²) in [5.74, 6) is 0. The molecule has 0 radical (unpaired) electrons. The number of nitrogens with zero attached hydrogens (tertiary/aromatic N) is 1. The van der Waals surface area contributed by atoms with E-state index in [1.165, 1.54) is 0 Å². The van der Waals surface area contributed by atoms with Crippen LogP contribution in [0.1, 0.15) is 6.92 Å². The summed E-state index contributed by atoms with van der Waals surface area (Å²) >= 11 is 0. The normalized spacial score (nSPS) is 30.1. The molecule has 1 heterocycles. The van der Waals surface area contributed by atoms with Crippen LogP contribution in [-0.2, 0) is 0 Å². The number of hydrogen-bond donors (Lipinski definition) is 2. The van der Waals surface area contributed by atoms with Gasteiger partial charge in [-0.15, -0.1) is 0 Å². The summed E-state index contributed by atoms with van der Waals surface area (Å²) in [6, 6.07) is -0.0765. The van der Waals surface area contributed by atoms with Crippen molar-refractivity contribution in [1.29, 1.82) is 0 Å². The molecule has 2 amide bonds. The number of hydrogen-bond acceptors (Lipinski definition) is 2. The van der Waals surface area contributed by atoms with Gasteiger partial charge in [0.2, 0.25) is 0 Å². The number of urea groups is 1. The first-order valence-corrected chi connectivity index (χ1v) is 4.90. The standard InChI is InChI=1S/C11H15N3O/c1-11(12)5-3-4-9-8(6-11)7-14(2)10(15)13-9/h3-6H,7,12H2,1-2H3,(H,13,15). The zero-order valence-corrected chi connectivity index (χ0v) is 8.95. The van der Waals surface area contributed by atoms with Gasteiger partial charge in [-0.2, -0.15) is 0 Å².